The Balaban J connectivity index is 1.91. The van der Waals surface area contributed by atoms with Gasteiger partial charge in [0, 0.05) is 12.7 Å². The second-order valence-electron chi connectivity index (χ2n) is 6.81. The van der Waals surface area contributed by atoms with Crippen LogP contribution in [0.2, 0.25) is 0 Å². The summed E-state index contributed by atoms with van der Waals surface area (Å²) in [6.07, 6.45) is 2.29. The average molecular weight is 385 g/mol. The van der Waals surface area contributed by atoms with Crippen LogP contribution in [0.15, 0.2) is 53.5 Å². The van der Waals surface area contributed by atoms with Crippen LogP contribution in [0.4, 0.5) is 0 Å². The minimum Gasteiger partial charge on any atom is -0.497 e. The third-order valence-corrected chi connectivity index (χ3v) is 5.04. The number of hydrogen-bond donors (Lipinski definition) is 1. The summed E-state index contributed by atoms with van der Waals surface area (Å²) in [4.78, 5) is 17.7. The Kier molecular flexibility index (Phi) is 4.61. The summed E-state index contributed by atoms with van der Waals surface area (Å²) in [5, 5.41) is 18.3. The van der Waals surface area contributed by atoms with Crippen LogP contribution in [-0.2, 0) is 13.0 Å². The largest absolute Gasteiger partial charge is 0.497 e. The number of aromatic nitrogens is 3. The molecule has 7 heteroatoms. The first-order valence-electron chi connectivity index (χ1n) is 9.16. The smallest absolute Gasteiger partial charge is 0.267 e. The van der Waals surface area contributed by atoms with Gasteiger partial charge in [-0.05, 0) is 48.7 Å². The summed E-state index contributed by atoms with van der Waals surface area (Å²) in [5.74, 6) is 0.774. The molecule has 3 aromatic heterocycles. The third-order valence-electron chi connectivity index (χ3n) is 5.04. The molecular weight excluding hydrogens is 366 g/mol. The van der Waals surface area contributed by atoms with Gasteiger partial charge >= 0.3 is 0 Å². The lowest BCUT2D eigenvalue weighted by molar-refractivity contribution is 0.414. The normalized spacial score (nSPS) is 10.9. The monoisotopic (exact) mass is 385 g/mol. The molecule has 0 aliphatic carbocycles. The lowest BCUT2D eigenvalue weighted by Crippen LogP contribution is -2.28. The molecule has 7 nitrogen and oxygen atoms in total. The van der Waals surface area contributed by atoms with Gasteiger partial charge in [0.1, 0.15) is 28.6 Å². The zero-order valence-electron chi connectivity index (χ0n) is 16.1. The third kappa shape index (κ3) is 3.15. The van der Waals surface area contributed by atoms with Crippen LogP contribution in [0.25, 0.3) is 16.7 Å². The number of fused-ring (bicyclic) bond motifs is 2. The number of pyridine rings is 2. The van der Waals surface area contributed by atoms with Crippen molar-refractivity contribution in [3.63, 3.8) is 0 Å². The van der Waals surface area contributed by atoms with Crippen molar-refractivity contribution in [1.29, 1.82) is 10.7 Å². The zero-order chi connectivity index (χ0) is 20.5. The predicted octanol–water partition coefficient (Wildman–Crippen LogP) is 2.56. The van der Waals surface area contributed by atoms with Crippen molar-refractivity contribution >= 4 is 16.7 Å². The summed E-state index contributed by atoms with van der Waals surface area (Å²) in [6, 6.07) is 14.9. The van der Waals surface area contributed by atoms with Gasteiger partial charge in [0.15, 0.2) is 0 Å². The van der Waals surface area contributed by atoms with Gasteiger partial charge < -0.3 is 9.30 Å². The minimum absolute atomic E-state index is 0.0540. The van der Waals surface area contributed by atoms with Crippen molar-refractivity contribution < 1.29 is 4.74 Å². The first-order valence-corrected chi connectivity index (χ1v) is 9.16. The SMILES string of the molecule is COc1ccc(CCn2c(=N)c(C#N)cc3c(=O)n4cccc(C)c4nc32)cc1. The summed E-state index contributed by atoms with van der Waals surface area (Å²) in [6.45, 7) is 2.31. The molecule has 0 fully saturated rings. The number of rotatable bonds is 4. The molecule has 0 aliphatic heterocycles. The maximum atomic E-state index is 13.0. The number of nitrogens with zero attached hydrogens (tertiary/aromatic N) is 4. The lowest BCUT2D eigenvalue weighted by atomic mass is 10.1. The van der Waals surface area contributed by atoms with Crippen LogP contribution in [0, 0.1) is 23.7 Å². The Morgan fingerprint density at radius 3 is 2.66 bits per heavy atom. The molecule has 1 aromatic carbocycles. The van der Waals surface area contributed by atoms with Gasteiger partial charge in [-0.1, -0.05) is 18.2 Å². The van der Waals surface area contributed by atoms with E-state index >= 15 is 0 Å². The van der Waals surface area contributed by atoms with Crippen LogP contribution >= 0.6 is 0 Å². The lowest BCUT2D eigenvalue weighted by Gasteiger charge is -2.13. The molecule has 0 unspecified atom stereocenters. The molecule has 0 amide bonds. The fraction of sp³-hybridized carbons (Fsp3) is 0.182. The van der Waals surface area contributed by atoms with E-state index in [9.17, 15) is 10.1 Å². The maximum absolute atomic E-state index is 13.0. The number of aryl methyl sites for hydroxylation is 3. The first-order chi connectivity index (χ1) is 14.0. The van der Waals surface area contributed by atoms with Gasteiger partial charge in [-0.15, -0.1) is 0 Å². The number of hydrogen-bond acceptors (Lipinski definition) is 5. The van der Waals surface area contributed by atoms with E-state index in [1.807, 2.05) is 43.3 Å². The number of benzene rings is 1. The van der Waals surface area contributed by atoms with Crippen LogP contribution in [0.3, 0.4) is 0 Å². The molecular formula is C22H19N5O2. The van der Waals surface area contributed by atoms with E-state index in [0.717, 1.165) is 16.9 Å². The molecule has 1 N–H and O–H groups in total. The number of ether oxygens (including phenoxy) is 1. The highest BCUT2D eigenvalue weighted by Crippen LogP contribution is 2.15. The molecule has 0 aliphatic rings. The Morgan fingerprint density at radius 2 is 1.97 bits per heavy atom. The average Bonchev–Trinajstić information content (AvgIpc) is 2.74. The minimum atomic E-state index is -0.247. The zero-order valence-corrected chi connectivity index (χ0v) is 16.1. The van der Waals surface area contributed by atoms with Crippen molar-refractivity contribution in [2.75, 3.05) is 7.11 Å². The van der Waals surface area contributed by atoms with Gasteiger partial charge in [-0.25, -0.2) is 4.98 Å². The van der Waals surface area contributed by atoms with E-state index in [0.29, 0.717) is 29.6 Å². The number of nitriles is 1. The van der Waals surface area contributed by atoms with Gasteiger partial charge in [-0.2, -0.15) is 5.26 Å². The quantitative estimate of drug-likeness (QED) is 0.546. The highest BCUT2D eigenvalue weighted by molar-refractivity contribution is 5.78. The fourth-order valence-electron chi connectivity index (χ4n) is 3.43. The Hall–Kier alpha value is -3.92. The van der Waals surface area contributed by atoms with Gasteiger partial charge in [0.2, 0.25) is 0 Å². The highest BCUT2D eigenvalue weighted by Gasteiger charge is 2.14. The van der Waals surface area contributed by atoms with Gasteiger partial charge in [0.25, 0.3) is 5.56 Å². The molecule has 0 saturated heterocycles. The van der Waals surface area contributed by atoms with E-state index in [-0.39, 0.29) is 16.6 Å². The number of nitrogens with one attached hydrogen (secondary N) is 1. The Labute approximate surface area is 166 Å². The fourth-order valence-corrected chi connectivity index (χ4v) is 3.43. The standard InChI is InChI=1S/C22H19N5O2/c1-14-4-3-10-27-20(14)25-21-18(22(27)28)12-16(13-23)19(24)26(21)11-9-15-5-7-17(29-2)8-6-15/h3-8,10,12,24H,9,11H2,1-2H3. The van der Waals surface area contributed by atoms with E-state index in [1.54, 1.807) is 23.9 Å². The molecule has 0 radical (unpaired) electrons. The van der Waals surface area contributed by atoms with Crippen LogP contribution in [0.5, 0.6) is 5.75 Å². The van der Waals surface area contributed by atoms with E-state index < -0.39 is 0 Å². The summed E-state index contributed by atoms with van der Waals surface area (Å²) in [7, 11) is 1.62. The van der Waals surface area contributed by atoms with Crippen LogP contribution in [-0.4, -0.2) is 21.1 Å². The predicted molar refractivity (Wildman–Crippen MR) is 109 cm³/mol. The molecule has 0 bridgehead atoms. The first kappa shape index (κ1) is 18.4. The van der Waals surface area contributed by atoms with Crippen LogP contribution < -0.4 is 15.8 Å². The Bertz CT molecular complexity index is 1390. The summed E-state index contributed by atoms with van der Waals surface area (Å²) in [5.41, 5.74) is 2.85. The van der Waals surface area contributed by atoms with Crippen molar-refractivity contribution in [2.45, 2.75) is 19.9 Å². The van der Waals surface area contributed by atoms with Gasteiger partial charge in [0.05, 0.1) is 18.1 Å². The van der Waals surface area contributed by atoms with E-state index in [4.69, 9.17) is 15.1 Å². The number of methoxy groups -OCH3 is 1. The molecule has 29 heavy (non-hydrogen) atoms. The summed E-state index contributed by atoms with van der Waals surface area (Å²) >= 11 is 0. The topological polar surface area (TPSA) is 96.2 Å². The second kappa shape index (κ2) is 7.24. The van der Waals surface area contributed by atoms with Gasteiger partial charge in [-0.3, -0.25) is 14.6 Å². The van der Waals surface area contributed by atoms with Crippen molar-refractivity contribution in [2.24, 2.45) is 0 Å². The Morgan fingerprint density at radius 1 is 1.21 bits per heavy atom. The summed E-state index contributed by atoms with van der Waals surface area (Å²) < 4.78 is 8.31. The molecule has 3 heterocycles. The molecule has 4 rings (SSSR count). The van der Waals surface area contributed by atoms with Crippen LogP contribution in [0.1, 0.15) is 16.7 Å². The molecule has 0 spiro atoms. The van der Waals surface area contributed by atoms with Crippen molar-refractivity contribution in [1.82, 2.24) is 14.0 Å². The highest BCUT2D eigenvalue weighted by atomic mass is 16.5. The molecule has 4 aromatic rings. The van der Waals surface area contributed by atoms with Crippen molar-refractivity contribution in [3.05, 3.63) is 81.2 Å². The molecule has 144 valence electrons. The molecule has 0 atom stereocenters. The van der Waals surface area contributed by atoms with E-state index in [2.05, 4.69) is 0 Å². The second-order valence-corrected chi connectivity index (χ2v) is 6.81. The van der Waals surface area contributed by atoms with Crippen molar-refractivity contribution in [3.8, 4) is 11.8 Å². The van der Waals surface area contributed by atoms with E-state index in [1.165, 1.54) is 10.5 Å². The maximum Gasteiger partial charge on any atom is 0.267 e. The molecule has 0 saturated carbocycles.